The van der Waals surface area contributed by atoms with Crippen molar-refractivity contribution in [2.24, 2.45) is 0 Å². The number of ether oxygens (including phenoxy) is 1. The number of amides is 5. The average molecular weight is 636 g/mol. The molecule has 1 aliphatic rings. The van der Waals surface area contributed by atoms with E-state index in [0.717, 1.165) is 27.8 Å². The number of aliphatic hydroxyl groups excluding tert-OH is 1. The maximum absolute atomic E-state index is 13.3. The number of aryl methyl sites for hydroxylation is 2. The van der Waals surface area contributed by atoms with Gasteiger partial charge in [0.1, 0.15) is 30.2 Å². The maximum atomic E-state index is 13.3. The number of aromatic nitrogens is 1. The second-order valence-electron chi connectivity index (χ2n) is 10.4. The normalized spacial score (nSPS) is 15.8. The zero-order chi connectivity index (χ0) is 32.7. The number of rotatable bonds is 12. The number of hydrogen-bond donors (Lipinski definition) is 4. The van der Waals surface area contributed by atoms with E-state index in [2.05, 4.69) is 21.1 Å². The van der Waals surface area contributed by atoms with Gasteiger partial charge in [0, 0.05) is 19.7 Å². The number of hydrogen-bond acceptors (Lipinski definition) is 10. The van der Waals surface area contributed by atoms with Crippen molar-refractivity contribution in [3.05, 3.63) is 87.6 Å². The minimum Gasteiger partial charge on any atom is -0.491 e. The summed E-state index contributed by atoms with van der Waals surface area (Å²) in [6.07, 6.45) is 0.269. The topological polar surface area (TPSA) is 180 Å². The van der Waals surface area contributed by atoms with Crippen molar-refractivity contribution in [3.8, 4) is 5.75 Å². The van der Waals surface area contributed by atoms with Crippen molar-refractivity contribution < 1.29 is 38.3 Å². The summed E-state index contributed by atoms with van der Waals surface area (Å²) in [5.74, 6) is -1.75. The first-order valence-corrected chi connectivity index (χ1v) is 14.7. The summed E-state index contributed by atoms with van der Waals surface area (Å²) in [4.78, 5) is 64.4. The van der Waals surface area contributed by atoms with Crippen LogP contribution in [-0.4, -0.2) is 75.9 Å². The largest absolute Gasteiger partial charge is 0.491 e. The quantitative estimate of drug-likeness (QED) is 0.216. The minimum atomic E-state index is -1.42. The third kappa shape index (κ3) is 8.80. The predicted molar refractivity (Wildman–Crippen MR) is 165 cm³/mol. The summed E-state index contributed by atoms with van der Waals surface area (Å²) in [7, 11) is 1.41. The van der Waals surface area contributed by atoms with E-state index in [1.165, 1.54) is 20.0 Å². The highest BCUT2D eigenvalue weighted by Gasteiger charge is 2.32. The molecule has 4 N–H and O–H groups in total. The van der Waals surface area contributed by atoms with Gasteiger partial charge in [0.2, 0.25) is 11.8 Å². The summed E-state index contributed by atoms with van der Waals surface area (Å²) in [6.45, 7) is 4.77. The van der Waals surface area contributed by atoms with Gasteiger partial charge in [-0.25, -0.2) is 0 Å². The highest BCUT2D eigenvalue weighted by Crippen LogP contribution is 2.31. The van der Waals surface area contributed by atoms with Crippen molar-refractivity contribution >= 4 is 46.7 Å². The SMILES string of the molecule is Cc1ccc(CNC(=O)[C@H](COc2ccc(/C=C3/SC(=O)N(C)C3=O)cc2)NC(=O)[C@@H](NC(=O)c2cc(C)on2)[C@@H](C)O)cc1. The molecule has 0 spiro atoms. The van der Waals surface area contributed by atoms with Crippen molar-refractivity contribution in [2.45, 2.75) is 45.5 Å². The number of carbonyl (C=O) groups is 5. The van der Waals surface area contributed by atoms with Gasteiger partial charge in [-0.1, -0.05) is 47.1 Å². The molecule has 3 atom stereocenters. The molecule has 1 fully saturated rings. The fourth-order valence-corrected chi connectivity index (χ4v) is 4.92. The van der Waals surface area contributed by atoms with Gasteiger partial charge in [-0.2, -0.15) is 0 Å². The first-order chi connectivity index (χ1) is 21.4. The second kappa shape index (κ2) is 14.7. The van der Waals surface area contributed by atoms with E-state index in [4.69, 9.17) is 9.26 Å². The molecule has 1 aromatic heterocycles. The molecule has 45 heavy (non-hydrogen) atoms. The van der Waals surface area contributed by atoms with Crippen LogP contribution in [0, 0.1) is 13.8 Å². The summed E-state index contributed by atoms with van der Waals surface area (Å²) in [5, 5.41) is 21.3. The molecule has 4 rings (SSSR count). The number of thioether (sulfide) groups is 1. The Labute approximate surface area is 263 Å². The highest BCUT2D eigenvalue weighted by atomic mass is 32.2. The molecule has 1 saturated heterocycles. The number of likely N-dealkylation sites (N-methyl/N-ethyl adjacent to an activating group) is 1. The molecule has 0 radical (unpaired) electrons. The number of carbonyl (C=O) groups excluding carboxylic acids is 5. The van der Waals surface area contributed by atoms with Crippen molar-refractivity contribution in [2.75, 3.05) is 13.7 Å². The van der Waals surface area contributed by atoms with Crippen LogP contribution in [0.3, 0.4) is 0 Å². The van der Waals surface area contributed by atoms with Crippen LogP contribution in [0.2, 0.25) is 0 Å². The zero-order valence-electron chi connectivity index (χ0n) is 25.0. The lowest BCUT2D eigenvalue weighted by Crippen LogP contribution is -2.58. The lowest BCUT2D eigenvalue weighted by atomic mass is 10.1. The van der Waals surface area contributed by atoms with Crippen molar-refractivity contribution in [3.63, 3.8) is 0 Å². The van der Waals surface area contributed by atoms with Crippen LogP contribution in [-0.2, 0) is 20.9 Å². The van der Waals surface area contributed by atoms with E-state index >= 15 is 0 Å². The number of aliphatic hydroxyl groups is 1. The Hall–Kier alpha value is -4.95. The van der Waals surface area contributed by atoms with Gasteiger partial charge in [0.15, 0.2) is 5.69 Å². The molecule has 3 aromatic rings. The average Bonchev–Trinajstić information content (AvgIpc) is 3.56. The summed E-state index contributed by atoms with van der Waals surface area (Å²) in [6, 6.07) is 12.9. The van der Waals surface area contributed by atoms with Crippen LogP contribution >= 0.6 is 11.8 Å². The van der Waals surface area contributed by atoms with E-state index in [-0.39, 0.29) is 30.0 Å². The second-order valence-corrected chi connectivity index (χ2v) is 11.4. The fraction of sp³-hybridized carbons (Fsp3) is 0.290. The van der Waals surface area contributed by atoms with Crippen LogP contribution in [0.4, 0.5) is 4.79 Å². The molecule has 236 valence electrons. The fourth-order valence-electron chi connectivity index (χ4n) is 4.09. The van der Waals surface area contributed by atoms with Gasteiger partial charge in [0.25, 0.3) is 17.1 Å². The summed E-state index contributed by atoms with van der Waals surface area (Å²) in [5.41, 5.74) is 2.48. The smallest absolute Gasteiger partial charge is 0.293 e. The molecule has 0 aliphatic carbocycles. The monoisotopic (exact) mass is 635 g/mol. The molecule has 2 heterocycles. The van der Waals surface area contributed by atoms with Gasteiger partial charge in [0.05, 0.1) is 11.0 Å². The highest BCUT2D eigenvalue weighted by molar-refractivity contribution is 8.18. The Morgan fingerprint density at radius 1 is 1.04 bits per heavy atom. The first-order valence-electron chi connectivity index (χ1n) is 13.9. The third-order valence-electron chi connectivity index (χ3n) is 6.71. The molecule has 14 heteroatoms. The Kier molecular flexibility index (Phi) is 10.8. The molecular formula is C31H33N5O8S. The maximum Gasteiger partial charge on any atom is 0.293 e. The van der Waals surface area contributed by atoms with E-state index in [9.17, 15) is 29.1 Å². The molecule has 0 unspecified atom stereocenters. The Balaban J connectivity index is 1.45. The molecule has 0 bridgehead atoms. The number of imide groups is 1. The Morgan fingerprint density at radius 2 is 1.73 bits per heavy atom. The van der Waals surface area contributed by atoms with Crippen LogP contribution in [0.5, 0.6) is 5.75 Å². The van der Waals surface area contributed by atoms with Gasteiger partial charge in [-0.3, -0.25) is 28.9 Å². The lowest BCUT2D eigenvalue weighted by molar-refractivity contribution is -0.132. The molecule has 2 aromatic carbocycles. The molecule has 13 nitrogen and oxygen atoms in total. The third-order valence-corrected chi connectivity index (χ3v) is 7.67. The van der Waals surface area contributed by atoms with Crippen molar-refractivity contribution in [1.82, 2.24) is 26.0 Å². The Morgan fingerprint density at radius 3 is 2.31 bits per heavy atom. The molecular weight excluding hydrogens is 602 g/mol. The molecule has 5 amide bonds. The minimum absolute atomic E-state index is 0.0738. The summed E-state index contributed by atoms with van der Waals surface area (Å²) >= 11 is 0.845. The lowest BCUT2D eigenvalue weighted by Gasteiger charge is -2.24. The van der Waals surface area contributed by atoms with Gasteiger partial charge < -0.3 is 30.3 Å². The van der Waals surface area contributed by atoms with E-state index in [1.54, 1.807) is 37.3 Å². The van der Waals surface area contributed by atoms with Crippen LogP contribution in [0.15, 0.2) is 64.0 Å². The Bertz CT molecular complexity index is 1600. The van der Waals surface area contributed by atoms with Gasteiger partial charge in [-0.15, -0.1) is 0 Å². The first kappa shape index (κ1) is 33.0. The predicted octanol–water partition coefficient (Wildman–Crippen LogP) is 2.32. The van der Waals surface area contributed by atoms with Crippen LogP contribution < -0.4 is 20.7 Å². The van der Waals surface area contributed by atoms with E-state index in [1.807, 2.05) is 31.2 Å². The summed E-state index contributed by atoms with van der Waals surface area (Å²) < 4.78 is 10.7. The standard InChI is InChI=1S/C31H33N5O8S/c1-17-5-7-21(8-6-17)15-32-27(38)24(33-29(40)26(19(3)37)34-28(39)23-13-18(2)44-35-23)16-43-22-11-9-20(10-12-22)14-25-30(41)36(4)31(42)45-25/h5-14,19,24,26,37H,15-16H2,1-4H3,(H,32,38)(H,33,40)(H,34,39)/b25-14+/t19-,24+,26+/m1/s1. The van der Waals surface area contributed by atoms with Crippen LogP contribution in [0.1, 0.15) is 39.9 Å². The van der Waals surface area contributed by atoms with Crippen molar-refractivity contribution in [1.29, 1.82) is 0 Å². The van der Waals surface area contributed by atoms with E-state index in [0.29, 0.717) is 22.0 Å². The van der Waals surface area contributed by atoms with E-state index < -0.39 is 35.9 Å². The molecule has 0 saturated carbocycles. The number of nitrogens with zero attached hydrogens (tertiary/aromatic N) is 2. The number of nitrogens with one attached hydrogen (secondary N) is 3. The zero-order valence-corrected chi connectivity index (χ0v) is 25.8. The number of benzene rings is 2. The molecule has 1 aliphatic heterocycles. The van der Waals surface area contributed by atoms with Crippen LogP contribution in [0.25, 0.3) is 6.08 Å². The van der Waals surface area contributed by atoms with Gasteiger partial charge in [-0.05, 0) is 61.9 Å². The van der Waals surface area contributed by atoms with Gasteiger partial charge >= 0.3 is 0 Å².